The number of nitrogens with one attached hydrogen (secondary N) is 2. The molecule has 4 nitrogen and oxygen atoms in total. The van der Waals surface area contributed by atoms with E-state index in [1.165, 1.54) is 16.7 Å². The first-order valence-corrected chi connectivity index (χ1v) is 10.0. The summed E-state index contributed by atoms with van der Waals surface area (Å²) in [6.45, 7) is 8.61. The third-order valence-corrected chi connectivity index (χ3v) is 5.03. The number of fused-ring (bicyclic) bond motifs is 1. The van der Waals surface area contributed by atoms with Gasteiger partial charge < -0.3 is 15.0 Å². The summed E-state index contributed by atoms with van der Waals surface area (Å²) in [4.78, 5) is 13.8. The van der Waals surface area contributed by atoms with Crippen LogP contribution in [-0.2, 0) is 24.2 Å². The summed E-state index contributed by atoms with van der Waals surface area (Å²) in [5.74, 6) is -0.00894. The second-order valence-electron chi connectivity index (χ2n) is 7.60. The van der Waals surface area contributed by atoms with Crippen LogP contribution in [0.15, 0.2) is 48.5 Å². The highest BCUT2D eigenvalue weighted by Crippen LogP contribution is 2.11. The fourth-order valence-corrected chi connectivity index (χ4v) is 3.55. The topological polar surface area (TPSA) is 42.8 Å². The number of benzene rings is 2. The molecule has 2 aromatic carbocycles. The van der Waals surface area contributed by atoms with Gasteiger partial charge in [0, 0.05) is 36.3 Å². The Hall–Kier alpha value is -2.17. The molecule has 2 N–H and O–H groups in total. The van der Waals surface area contributed by atoms with Crippen LogP contribution in [0.5, 0.6) is 0 Å². The van der Waals surface area contributed by atoms with Crippen LogP contribution in [-0.4, -0.2) is 31.7 Å². The number of quaternary nitrogens is 1. The summed E-state index contributed by atoms with van der Waals surface area (Å²) in [5, 5.41) is 2.96. The minimum Gasteiger partial charge on any atom is -0.379 e. The van der Waals surface area contributed by atoms with Crippen LogP contribution >= 0.6 is 0 Å². The lowest BCUT2D eigenvalue weighted by Crippen LogP contribution is -3.10. The summed E-state index contributed by atoms with van der Waals surface area (Å²) >= 11 is 0. The molecule has 2 aromatic rings. The maximum absolute atomic E-state index is 12.2. The maximum Gasteiger partial charge on any atom is 0.251 e. The summed E-state index contributed by atoms with van der Waals surface area (Å²) in [6, 6.07) is 16.8. The van der Waals surface area contributed by atoms with E-state index in [1.54, 1.807) is 4.90 Å². The number of amides is 1. The molecular formula is C23H31N2O2+. The normalized spacial score (nSPS) is 16.2. The molecule has 0 bridgehead atoms. The molecule has 0 saturated carbocycles. The molecule has 4 heteroatoms. The lowest BCUT2D eigenvalue weighted by atomic mass is 9.99. The lowest BCUT2D eigenvalue weighted by Gasteiger charge is -2.26. The van der Waals surface area contributed by atoms with Crippen LogP contribution in [0.4, 0.5) is 0 Å². The monoisotopic (exact) mass is 367 g/mol. The van der Waals surface area contributed by atoms with Gasteiger partial charge in [0.15, 0.2) is 0 Å². The Kier molecular flexibility index (Phi) is 7.02. The fourth-order valence-electron chi connectivity index (χ4n) is 3.55. The molecule has 3 rings (SSSR count). The zero-order chi connectivity index (χ0) is 19.1. The Labute approximate surface area is 162 Å². The molecule has 1 amide bonds. The number of carbonyl (C=O) groups is 1. The van der Waals surface area contributed by atoms with E-state index in [0.29, 0.717) is 13.2 Å². The van der Waals surface area contributed by atoms with Crippen LogP contribution in [0.2, 0.25) is 0 Å². The summed E-state index contributed by atoms with van der Waals surface area (Å²) in [7, 11) is 0. The SMILES string of the molecule is CC(C)OCCCNC(=O)c1ccc(C[NH+]2CCc3ccccc3C2)cc1. The predicted molar refractivity (Wildman–Crippen MR) is 108 cm³/mol. The van der Waals surface area contributed by atoms with E-state index in [4.69, 9.17) is 4.74 Å². The third-order valence-electron chi connectivity index (χ3n) is 5.03. The van der Waals surface area contributed by atoms with Crippen molar-refractivity contribution in [3.63, 3.8) is 0 Å². The van der Waals surface area contributed by atoms with Crippen molar-refractivity contribution in [1.29, 1.82) is 0 Å². The molecule has 27 heavy (non-hydrogen) atoms. The molecule has 1 atom stereocenters. The van der Waals surface area contributed by atoms with Gasteiger partial charge in [-0.05, 0) is 38.0 Å². The Morgan fingerprint density at radius 3 is 2.59 bits per heavy atom. The molecule has 144 valence electrons. The Morgan fingerprint density at radius 2 is 1.85 bits per heavy atom. The number of hydrogen-bond acceptors (Lipinski definition) is 2. The Morgan fingerprint density at radius 1 is 1.11 bits per heavy atom. The Balaban J connectivity index is 1.45. The molecule has 1 heterocycles. The molecule has 1 aliphatic heterocycles. The van der Waals surface area contributed by atoms with Crippen molar-refractivity contribution in [2.45, 2.75) is 45.9 Å². The largest absolute Gasteiger partial charge is 0.379 e. The third kappa shape index (κ3) is 5.91. The van der Waals surface area contributed by atoms with Crippen molar-refractivity contribution in [2.24, 2.45) is 0 Å². The van der Waals surface area contributed by atoms with Crippen LogP contribution in [0, 0.1) is 0 Å². The molecule has 0 aliphatic carbocycles. The van der Waals surface area contributed by atoms with Crippen LogP contribution in [0.25, 0.3) is 0 Å². The standard InChI is InChI=1S/C23H30N2O2/c1-18(2)27-15-5-13-24-23(26)21-10-8-19(9-11-21)16-25-14-12-20-6-3-4-7-22(20)17-25/h3-4,6-11,18H,5,12-17H2,1-2H3,(H,24,26)/p+1. The zero-order valence-electron chi connectivity index (χ0n) is 16.5. The quantitative estimate of drug-likeness (QED) is 0.704. The van der Waals surface area contributed by atoms with Gasteiger partial charge >= 0.3 is 0 Å². The molecular weight excluding hydrogens is 336 g/mol. The van der Waals surface area contributed by atoms with E-state index in [-0.39, 0.29) is 12.0 Å². The van der Waals surface area contributed by atoms with Gasteiger partial charge in [-0.15, -0.1) is 0 Å². The van der Waals surface area contributed by atoms with E-state index >= 15 is 0 Å². The average Bonchev–Trinajstić information content (AvgIpc) is 2.68. The smallest absolute Gasteiger partial charge is 0.251 e. The van der Waals surface area contributed by atoms with Gasteiger partial charge in [0.1, 0.15) is 13.1 Å². The summed E-state index contributed by atoms with van der Waals surface area (Å²) in [6.07, 6.45) is 2.22. The Bertz CT molecular complexity index is 740. The van der Waals surface area contributed by atoms with Gasteiger partial charge in [0.05, 0.1) is 12.6 Å². The van der Waals surface area contributed by atoms with Crippen LogP contribution in [0.1, 0.15) is 47.3 Å². The number of rotatable bonds is 8. The van der Waals surface area contributed by atoms with Gasteiger partial charge in [-0.1, -0.05) is 36.4 Å². The van der Waals surface area contributed by atoms with Crippen LogP contribution in [0.3, 0.4) is 0 Å². The van der Waals surface area contributed by atoms with Gasteiger partial charge in [-0.25, -0.2) is 0 Å². The van der Waals surface area contributed by atoms with Gasteiger partial charge in [-0.2, -0.15) is 0 Å². The molecule has 1 unspecified atom stereocenters. The fraction of sp³-hybridized carbons (Fsp3) is 0.435. The summed E-state index contributed by atoms with van der Waals surface area (Å²) in [5.41, 5.74) is 4.97. The van der Waals surface area contributed by atoms with E-state index in [0.717, 1.165) is 38.0 Å². The number of ether oxygens (including phenoxy) is 1. The highest BCUT2D eigenvalue weighted by atomic mass is 16.5. The van der Waals surface area contributed by atoms with Gasteiger partial charge in [0.2, 0.25) is 0 Å². The molecule has 0 aromatic heterocycles. The van der Waals surface area contributed by atoms with Gasteiger partial charge in [-0.3, -0.25) is 4.79 Å². The van der Waals surface area contributed by atoms with Gasteiger partial charge in [0.25, 0.3) is 5.91 Å². The molecule has 0 radical (unpaired) electrons. The van der Waals surface area contributed by atoms with Crippen molar-refractivity contribution in [2.75, 3.05) is 19.7 Å². The van der Waals surface area contributed by atoms with E-state index in [2.05, 4.69) is 41.7 Å². The molecule has 0 saturated heterocycles. The predicted octanol–water partition coefficient (Wildman–Crippen LogP) is 2.37. The molecule has 1 aliphatic rings. The van der Waals surface area contributed by atoms with E-state index in [9.17, 15) is 4.79 Å². The highest BCUT2D eigenvalue weighted by Gasteiger charge is 2.19. The maximum atomic E-state index is 12.2. The number of carbonyl (C=O) groups excluding carboxylic acids is 1. The molecule has 0 fully saturated rings. The first kappa shape index (κ1) is 19.6. The minimum atomic E-state index is -0.00894. The number of hydrogen-bond donors (Lipinski definition) is 2. The van der Waals surface area contributed by atoms with Crippen molar-refractivity contribution in [3.05, 3.63) is 70.8 Å². The minimum absolute atomic E-state index is 0.00894. The van der Waals surface area contributed by atoms with Crippen molar-refractivity contribution < 1.29 is 14.4 Å². The van der Waals surface area contributed by atoms with Crippen molar-refractivity contribution >= 4 is 5.91 Å². The van der Waals surface area contributed by atoms with E-state index in [1.807, 2.05) is 26.0 Å². The van der Waals surface area contributed by atoms with Crippen molar-refractivity contribution in [1.82, 2.24) is 5.32 Å². The van der Waals surface area contributed by atoms with Crippen molar-refractivity contribution in [3.8, 4) is 0 Å². The second kappa shape index (κ2) is 9.67. The zero-order valence-corrected chi connectivity index (χ0v) is 16.5. The van der Waals surface area contributed by atoms with Crippen LogP contribution < -0.4 is 10.2 Å². The molecule has 0 spiro atoms. The first-order valence-electron chi connectivity index (χ1n) is 10.0. The van der Waals surface area contributed by atoms with E-state index < -0.39 is 0 Å². The lowest BCUT2D eigenvalue weighted by molar-refractivity contribution is -0.929. The first-order chi connectivity index (χ1) is 13.1. The summed E-state index contributed by atoms with van der Waals surface area (Å²) < 4.78 is 5.49. The average molecular weight is 368 g/mol. The second-order valence-corrected chi connectivity index (χ2v) is 7.60. The highest BCUT2D eigenvalue weighted by molar-refractivity contribution is 5.94.